The number of nitrogens with zero attached hydrogens (tertiary/aromatic N) is 3. The molecule has 1 aromatic heterocycles. The average Bonchev–Trinajstić information content (AvgIpc) is 2.79. The molecule has 2 rings (SSSR count). The topological polar surface area (TPSA) is 50.3 Å². The zero-order chi connectivity index (χ0) is 11.2. The molecule has 5 nitrogen and oxygen atoms in total. The van der Waals surface area contributed by atoms with Crippen molar-refractivity contribution in [2.75, 3.05) is 32.8 Å². The van der Waals surface area contributed by atoms with Crippen LogP contribution in [0.5, 0.6) is 0 Å². The number of hydrogen-bond acceptors (Lipinski definition) is 6. The molecular formula is C10H18N4OS. The molecule has 1 atom stereocenters. The molecule has 6 heteroatoms. The van der Waals surface area contributed by atoms with E-state index in [9.17, 15) is 0 Å². The van der Waals surface area contributed by atoms with Crippen LogP contribution in [0.1, 0.15) is 12.6 Å². The van der Waals surface area contributed by atoms with E-state index in [0.29, 0.717) is 6.04 Å². The van der Waals surface area contributed by atoms with Crippen molar-refractivity contribution in [2.45, 2.75) is 19.5 Å². The Bertz CT molecular complexity index is 293. The van der Waals surface area contributed by atoms with Gasteiger partial charge >= 0.3 is 0 Å². The number of morpholine rings is 1. The highest BCUT2D eigenvalue weighted by Gasteiger charge is 2.17. The van der Waals surface area contributed by atoms with E-state index in [2.05, 4.69) is 26.7 Å². The van der Waals surface area contributed by atoms with Crippen molar-refractivity contribution in [3.05, 3.63) is 11.1 Å². The van der Waals surface area contributed by atoms with E-state index >= 15 is 0 Å². The van der Waals surface area contributed by atoms with Crippen LogP contribution in [0.4, 0.5) is 0 Å². The van der Waals surface area contributed by atoms with Crippen LogP contribution >= 0.6 is 11.5 Å². The molecule has 0 bridgehead atoms. The van der Waals surface area contributed by atoms with Crippen molar-refractivity contribution in [1.29, 1.82) is 0 Å². The van der Waals surface area contributed by atoms with Crippen LogP contribution in [0, 0.1) is 0 Å². The summed E-state index contributed by atoms with van der Waals surface area (Å²) < 4.78 is 9.23. The van der Waals surface area contributed by atoms with Gasteiger partial charge in [0.2, 0.25) is 0 Å². The standard InChI is InChI=1S/C10H18N4OS/c1-9-7-15-5-4-14(9)3-2-11-6-10-8-16-13-12-10/h8-9,11H,2-7H2,1H3. The molecule has 1 aliphatic heterocycles. The number of ether oxygens (including phenoxy) is 1. The molecular weight excluding hydrogens is 224 g/mol. The van der Waals surface area contributed by atoms with Crippen molar-refractivity contribution in [3.8, 4) is 0 Å². The van der Waals surface area contributed by atoms with Crippen LogP contribution in [-0.4, -0.2) is 53.4 Å². The molecule has 1 fully saturated rings. The molecule has 1 aromatic rings. The van der Waals surface area contributed by atoms with Gasteiger partial charge in [0.05, 0.1) is 18.9 Å². The number of nitrogens with one attached hydrogen (secondary N) is 1. The minimum absolute atomic E-state index is 0.538. The first-order chi connectivity index (χ1) is 7.86. The van der Waals surface area contributed by atoms with Gasteiger partial charge in [0.25, 0.3) is 0 Å². The van der Waals surface area contributed by atoms with Gasteiger partial charge in [-0.1, -0.05) is 4.49 Å². The van der Waals surface area contributed by atoms with Crippen molar-refractivity contribution < 1.29 is 4.74 Å². The minimum Gasteiger partial charge on any atom is -0.379 e. The number of aromatic nitrogens is 2. The third-order valence-electron chi connectivity index (χ3n) is 2.79. The first-order valence-corrected chi connectivity index (χ1v) is 6.48. The average molecular weight is 242 g/mol. The molecule has 0 radical (unpaired) electrons. The Morgan fingerprint density at radius 1 is 1.69 bits per heavy atom. The van der Waals surface area contributed by atoms with Gasteiger partial charge in [0, 0.05) is 37.6 Å². The van der Waals surface area contributed by atoms with Crippen LogP contribution in [0.25, 0.3) is 0 Å². The maximum Gasteiger partial charge on any atom is 0.0893 e. The van der Waals surface area contributed by atoms with Gasteiger partial charge < -0.3 is 10.1 Å². The fourth-order valence-electron chi connectivity index (χ4n) is 1.79. The van der Waals surface area contributed by atoms with E-state index in [0.717, 1.165) is 45.1 Å². The second kappa shape index (κ2) is 6.24. The lowest BCUT2D eigenvalue weighted by atomic mass is 10.2. The van der Waals surface area contributed by atoms with E-state index in [4.69, 9.17) is 4.74 Å². The van der Waals surface area contributed by atoms with Gasteiger partial charge in [-0.2, -0.15) is 0 Å². The van der Waals surface area contributed by atoms with Gasteiger partial charge in [0.15, 0.2) is 0 Å². The third kappa shape index (κ3) is 3.48. The Balaban J connectivity index is 1.60. The van der Waals surface area contributed by atoms with Gasteiger partial charge in [-0.3, -0.25) is 4.90 Å². The Labute approximate surface area is 100.0 Å². The molecule has 1 N–H and O–H groups in total. The molecule has 1 unspecified atom stereocenters. The second-order valence-electron chi connectivity index (χ2n) is 4.03. The quantitative estimate of drug-likeness (QED) is 0.755. The zero-order valence-corrected chi connectivity index (χ0v) is 10.4. The van der Waals surface area contributed by atoms with Crippen LogP contribution < -0.4 is 5.32 Å². The number of hydrogen-bond donors (Lipinski definition) is 1. The van der Waals surface area contributed by atoms with Crippen LogP contribution in [-0.2, 0) is 11.3 Å². The highest BCUT2D eigenvalue weighted by Crippen LogP contribution is 2.04. The Morgan fingerprint density at radius 2 is 2.62 bits per heavy atom. The molecule has 1 aliphatic rings. The predicted octanol–water partition coefficient (Wildman–Crippen LogP) is 0.348. The minimum atomic E-state index is 0.538. The summed E-state index contributed by atoms with van der Waals surface area (Å²) in [5, 5.41) is 9.34. The van der Waals surface area contributed by atoms with Crippen LogP contribution in [0.2, 0.25) is 0 Å². The maximum atomic E-state index is 5.40. The Kier molecular flexibility index (Phi) is 4.65. The van der Waals surface area contributed by atoms with Gasteiger partial charge in [-0.15, -0.1) is 5.10 Å². The molecule has 0 saturated carbocycles. The predicted molar refractivity (Wildman–Crippen MR) is 63.5 cm³/mol. The normalized spacial score (nSPS) is 22.4. The van der Waals surface area contributed by atoms with Gasteiger partial charge in [-0.25, -0.2) is 0 Å². The second-order valence-corrected chi connectivity index (χ2v) is 4.64. The van der Waals surface area contributed by atoms with E-state index < -0.39 is 0 Å². The van der Waals surface area contributed by atoms with E-state index in [1.807, 2.05) is 5.38 Å². The fourth-order valence-corrected chi connectivity index (χ4v) is 2.25. The Morgan fingerprint density at radius 3 is 3.38 bits per heavy atom. The van der Waals surface area contributed by atoms with Crippen LogP contribution in [0.15, 0.2) is 5.38 Å². The summed E-state index contributed by atoms with van der Waals surface area (Å²) in [5.41, 5.74) is 1.03. The number of rotatable bonds is 5. The highest BCUT2D eigenvalue weighted by molar-refractivity contribution is 7.03. The largest absolute Gasteiger partial charge is 0.379 e. The van der Waals surface area contributed by atoms with Crippen molar-refractivity contribution >= 4 is 11.5 Å². The molecule has 16 heavy (non-hydrogen) atoms. The van der Waals surface area contributed by atoms with Crippen molar-refractivity contribution in [1.82, 2.24) is 19.8 Å². The van der Waals surface area contributed by atoms with Crippen molar-refractivity contribution in [3.63, 3.8) is 0 Å². The third-order valence-corrected chi connectivity index (χ3v) is 3.35. The monoisotopic (exact) mass is 242 g/mol. The lowest BCUT2D eigenvalue weighted by Crippen LogP contribution is -2.46. The highest BCUT2D eigenvalue weighted by atomic mass is 32.1. The zero-order valence-electron chi connectivity index (χ0n) is 9.56. The van der Waals surface area contributed by atoms with Gasteiger partial charge in [0.1, 0.15) is 0 Å². The summed E-state index contributed by atoms with van der Waals surface area (Å²) in [4.78, 5) is 2.45. The lowest BCUT2D eigenvalue weighted by Gasteiger charge is -2.33. The molecule has 0 aromatic carbocycles. The first kappa shape index (κ1) is 11.9. The summed E-state index contributed by atoms with van der Waals surface area (Å²) in [6.45, 7) is 7.85. The molecule has 2 heterocycles. The van der Waals surface area contributed by atoms with E-state index in [1.165, 1.54) is 11.5 Å². The first-order valence-electron chi connectivity index (χ1n) is 5.64. The SMILES string of the molecule is CC1COCCN1CCNCc1csnn1. The smallest absolute Gasteiger partial charge is 0.0893 e. The summed E-state index contributed by atoms with van der Waals surface area (Å²) in [7, 11) is 0. The van der Waals surface area contributed by atoms with Crippen molar-refractivity contribution in [2.24, 2.45) is 0 Å². The molecule has 1 saturated heterocycles. The van der Waals surface area contributed by atoms with Crippen LogP contribution in [0.3, 0.4) is 0 Å². The fraction of sp³-hybridized carbons (Fsp3) is 0.800. The Hall–Kier alpha value is -0.560. The summed E-state index contributed by atoms with van der Waals surface area (Å²) >= 11 is 1.40. The molecule has 0 spiro atoms. The summed E-state index contributed by atoms with van der Waals surface area (Å²) in [6.07, 6.45) is 0. The lowest BCUT2D eigenvalue weighted by molar-refractivity contribution is 0.000398. The molecule has 90 valence electrons. The van der Waals surface area contributed by atoms with E-state index in [-0.39, 0.29) is 0 Å². The van der Waals surface area contributed by atoms with E-state index in [1.54, 1.807) is 0 Å². The summed E-state index contributed by atoms with van der Waals surface area (Å²) in [6, 6.07) is 0.538. The summed E-state index contributed by atoms with van der Waals surface area (Å²) in [5.74, 6) is 0. The molecule has 0 aliphatic carbocycles. The van der Waals surface area contributed by atoms with Gasteiger partial charge in [-0.05, 0) is 18.5 Å². The maximum absolute atomic E-state index is 5.40. The molecule has 0 amide bonds.